The minimum atomic E-state index is -0.465. The van der Waals surface area contributed by atoms with Gasteiger partial charge in [-0.05, 0) is 13.8 Å². The van der Waals surface area contributed by atoms with Crippen molar-refractivity contribution >= 4 is 28.3 Å². The third kappa shape index (κ3) is 3.63. The van der Waals surface area contributed by atoms with Gasteiger partial charge in [-0.1, -0.05) is 54.6 Å². The monoisotopic (exact) mass is 334 g/mol. The lowest BCUT2D eigenvalue weighted by atomic mass is 10.0. The molecule has 0 amide bonds. The summed E-state index contributed by atoms with van der Waals surface area (Å²) in [5.41, 5.74) is 4.83. The SMILES string of the molecule is CCOC(=O)/C(C)=N/Nc1nnc(-c2ccccc2)c2ccccc12. The predicted octanol–water partition coefficient (Wildman–Crippen LogP) is 3.65. The fraction of sp³-hybridized carbons (Fsp3) is 0.158. The molecule has 126 valence electrons. The highest BCUT2D eigenvalue weighted by molar-refractivity contribution is 6.35. The van der Waals surface area contributed by atoms with Crippen molar-refractivity contribution in [3.8, 4) is 11.3 Å². The van der Waals surface area contributed by atoms with Crippen LogP contribution in [0.3, 0.4) is 0 Å². The molecule has 0 unspecified atom stereocenters. The fourth-order valence-electron chi connectivity index (χ4n) is 2.41. The van der Waals surface area contributed by atoms with Crippen LogP contribution in [0, 0.1) is 0 Å². The zero-order valence-corrected chi connectivity index (χ0v) is 14.1. The average molecular weight is 334 g/mol. The van der Waals surface area contributed by atoms with Gasteiger partial charge in [-0.2, -0.15) is 5.10 Å². The molecule has 6 heteroatoms. The number of rotatable bonds is 5. The van der Waals surface area contributed by atoms with E-state index in [0.29, 0.717) is 12.4 Å². The van der Waals surface area contributed by atoms with Gasteiger partial charge in [-0.3, -0.25) is 5.43 Å². The molecule has 0 saturated carbocycles. The van der Waals surface area contributed by atoms with Crippen LogP contribution in [-0.2, 0) is 9.53 Å². The fourth-order valence-corrected chi connectivity index (χ4v) is 2.41. The van der Waals surface area contributed by atoms with Crippen LogP contribution >= 0.6 is 0 Å². The Hall–Kier alpha value is -3.28. The van der Waals surface area contributed by atoms with Crippen molar-refractivity contribution in [3.63, 3.8) is 0 Å². The Morgan fingerprint density at radius 2 is 1.72 bits per heavy atom. The zero-order valence-electron chi connectivity index (χ0n) is 14.1. The molecular weight excluding hydrogens is 316 g/mol. The normalized spacial score (nSPS) is 11.4. The summed E-state index contributed by atoms with van der Waals surface area (Å²) in [4.78, 5) is 11.6. The summed E-state index contributed by atoms with van der Waals surface area (Å²) in [7, 11) is 0. The lowest BCUT2D eigenvalue weighted by molar-refractivity contribution is -0.135. The number of esters is 1. The third-order valence-electron chi connectivity index (χ3n) is 3.63. The maximum atomic E-state index is 11.6. The molecule has 1 aromatic heterocycles. The number of nitrogens with one attached hydrogen (secondary N) is 1. The second-order valence-corrected chi connectivity index (χ2v) is 5.34. The van der Waals surface area contributed by atoms with Gasteiger partial charge in [0.05, 0.1) is 6.61 Å². The van der Waals surface area contributed by atoms with Crippen molar-refractivity contribution in [2.24, 2.45) is 5.10 Å². The maximum absolute atomic E-state index is 11.6. The Morgan fingerprint density at radius 1 is 1.04 bits per heavy atom. The molecule has 0 fully saturated rings. The highest BCUT2D eigenvalue weighted by Gasteiger charge is 2.11. The van der Waals surface area contributed by atoms with E-state index < -0.39 is 5.97 Å². The minimum absolute atomic E-state index is 0.222. The number of hydrogen-bond acceptors (Lipinski definition) is 6. The number of fused-ring (bicyclic) bond motifs is 1. The number of hydrazone groups is 1. The summed E-state index contributed by atoms with van der Waals surface area (Å²) in [6.07, 6.45) is 0. The number of aromatic nitrogens is 2. The molecule has 0 atom stereocenters. The Balaban J connectivity index is 1.99. The lowest BCUT2D eigenvalue weighted by Gasteiger charge is -2.09. The summed E-state index contributed by atoms with van der Waals surface area (Å²) in [6.45, 7) is 3.64. The first-order chi connectivity index (χ1) is 12.2. The number of anilines is 1. The maximum Gasteiger partial charge on any atom is 0.354 e. The molecule has 0 aliphatic rings. The molecule has 0 aliphatic carbocycles. The van der Waals surface area contributed by atoms with E-state index in [4.69, 9.17) is 4.74 Å². The summed E-state index contributed by atoms with van der Waals surface area (Å²) in [5.74, 6) is 0.0205. The van der Waals surface area contributed by atoms with Gasteiger partial charge in [0.15, 0.2) is 5.82 Å². The van der Waals surface area contributed by atoms with Gasteiger partial charge >= 0.3 is 5.97 Å². The van der Waals surface area contributed by atoms with E-state index in [1.54, 1.807) is 13.8 Å². The highest BCUT2D eigenvalue weighted by Crippen LogP contribution is 2.29. The molecule has 3 aromatic rings. The first kappa shape index (κ1) is 16.6. The molecule has 1 N–H and O–H groups in total. The van der Waals surface area contributed by atoms with Gasteiger partial charge < -0.3 is 4.74 Å². The number of carbonyl (C=O) groups is 1. The van der Waals surface area contributed by atoms with Crippen LogP contribution in [0.2, 0.25) is 0 Å². The second-order valence-electron chi connectivity index (χ2n) is 5.34. The van der Waals surface area contributed by atoms with E-state index in [9.17, 15) is 4.79 Å². The van der Waals surface area contributed by atoms with Crippen molar-refractivity contribution in [1.29, 1.82) is 0 Å². The molecule has 6 nitrogen and oxygen atoms in total. The smallest absolute Gasteiger partial charge is 0.354 e. The van der Waals surface area contributed by atoms with E-state index in [0.717, 1.165) is 22.0 Å². The first-order valence-electron chi connectivity index (χ1n) is 7.99. The second kappa shape index (κ2) is 7.53. The Kier molecular flexibility index (Phi) is 4.99. The van der Waals surface area contributed by atoms with E-state index in [2.05, 4.69) is 20.7 Å². The molecule has 3 rings (SSSR count). The van der Waals surface area contributed by atoms with E-state index >= 15 is 0 Å². The van der Waals surface area contributed by atoms with Gasteiger partial charge in [0.25, 0.3) is 0 Å². The Bertz CT molecular complexity index is 923. The van der Waals surface area contributed by atoms with Crippen LogP contribution in [-0.4, -0.2) is 28.5 Å². The summed E-state index contributed by atoms with van der Waals surface area (Å²) < 4.78 is 4.91. The molecule has 1 heterocycles. The van der Waals surface area contributed by atoms with E-state index in [1.165, 1.54) is 0 Å². The molecule has 0 saturated heterocycles. The standard InChI is InChI=1S/C19H18N4O2/c1-3-25-19(24)13(2)20-22-18-16-12-8-7-11-15(16)17(21-23-18)14-9-5-4-6-10-14/h4-12H,3H2,1-2H3,(H,22,23)/b20-13+. The molecule has 0 radical (unpaired) electrons. The van der Waals surface area contributed by atoms with Crippen LogP contribution in [0.5, 0.6) is 0 Å². The van der Waals surface area contributed by atoms with E-state index in [-0.39, 0.29) is 5.71 Å². The van der Waals surface area contributed by atoms with Gasteiger partial charge in [0.2, 0.25) is 0 Å². The molecule has 0 spiro atoms. The molecule has 2 aromatic carbocycles. The van der Waals surface area contributed by atoms with Crippen molar-refractivity contribution in [3.05, 3.63) is 54.6 Å². The van der Waals surface area contributed by atoms with Crippen LogP contribution < -0.4 is 5.43 Å². The lowest BCUT2D eigenvalue weighted by Crippen LogP contribution is -2.15. The van der Waals surface area contributed by atoms with Crippen molar-refractivity contribution < 1.29 is 9.53 Å². The number of carbonyl (C=O) groups excluding carboxylic acids is 1. The summed E-state index contributed by atoms with van der Waals surface area (Å²) in [6, 6.07) is 17.7. The summed E-state index contributed by atoms with van der Waals surface area (Å²) in [5, 5.41) is 14.5. The van der Waals surface area contributed by atoms with Crippen molar-refractivity contribution in [2.75, 3.05) is 12.0 Å². The van der Waals surface area contributed by atoms with Crippen LogP contribution in [0.1, 0.15) is 13.8 Å². The number of hydrogen-bond donors (Lipinski definition) is 1. The van der Waals surface area contributed by atoms with E-state index in [1.807, 2.05) is 54.6 Å². The van der Waals surface area contributed by atoms with Crippen molar-refractivity contribution in [1.82, 2.24) is 10.2 Å². The quantitative estimate of drug-likeness (QED) is 0.438. The molecular formula is C19H18N4O2. The molecule has 0 bridgehead atoms. The Labute approximate surface area is 145 Å². The topological polar surface area (TPSA) is 76.5 Å². The predicted molar refractivity (Wildman–Crippen MR) is 98.3 cm³/mol. The van der Waals surface area contributed by atoms with Gasteiger partial charge in [-0.15, -0.1) is 10.2 Å². The highest BCUT2D eigenvalue weighted by atomic mass is 16.5. The number of ether oxygens (including phenoxy) is 1. The molecule has 0 aliphatic heterocycles. The van der Waals surface area contributed by atoms with Gasteiger partial charge in [-0.25, -0.2) is 4.79 Å². The van der Waals surface area contributed by atoms with Gasteiger partial charge in [0.1, 0.15) is 11.4 Å². The largest absolute Gasteiger partial charge is 0.461 e. The first-order valence-corrected chi connectivity index (χ1v) is 7.99. The average Bonchev–Trinajstić information content (AvgIpc) is 2.66. The Morgan fingerprint density at radius 3 is 2.44 bits per heavy atom. The minimum Gasteiger partial charge on any atom is -0.461 e. The van der Waals surface area contributed by atoms with Crippen LogP contribution in [0.15, 0.2) is 59.7 Å². The van der Waals surface area contributed by atoms with Crippen molar-refractivity contribution in [2.45, 2.75) is 13.8 Å². The molecule has 25 heavy (non-hydrogen) atoms. The van der Waals surface area contributed by atoms with Crippen LogP contribution in [0.25, 0.3) is 22.0 Å². The summed E-state index contributed by atoms with van der Waals surface area (Å²) >= 11 is 0. The zero-order chi connectivity index (χ0) is 17.6. The third-order valence-corrected chi connectivity index (χ3v) is 3.63. The van der Waals surface area contributed by atoms with Crippen LogP contribution in [0.4, 0.5) is 5.82 Å². The van der Waals surface area contributed by atoms with Gasteiger partial charge in [0, 0.05) is 16.3 Å². The number of benzene rings is 2. The number of nitrogens with zero attached hydrogens (tertiary/aromatic N) is 3.